The van der Waals surface area contributed by atoms with Crippen LogP contribution in [0.2, 0.25) is 0 Å². The van der Waals surface area contributed by atoms with Gasteiger partial charge in [-0.05, 0) is 29.7 Å². The summed E-state index contributed by atoms with van der Waals surface area (Å²) in [5, 5.41) is 2.50. The normalized spacial score (nSPS) is 12.7. The Balaban J connectivity index is 1.81. The average Bonchev–Trinajstić information content (AvgIpc) is 3.17. The van der Waals surface area contributed by atoms with E-state index in [1.807, 2.05) is 44.2 Å². The molecule has 2 aromatic carbocycles. The van der Waals surface area contributed by atoms with Crippen LogP contribution in [0.4, 0.5) is 4.39 Å². The van der Waals surface area contributed by atoms with Crippen LogP contribution >= 0.6 is 0 Å². The number of imidazole rings is 1. The van der Waals surface area contributed by atoms with Crippen molar-refractivity contribution in [3.63, 3.8) is 0 Å². The van der Waals surface area contributed by atoms with Gasteiger partial charge in [0.15, 0.2) is 0 Å². The minimum atomic E-state index is -4.04. The van der Waals surface area contributed by atoms with Gasteiger partial charge >= 0.3 is 0 Å². The first-order valence-corrected chi connectivity index (χ1v) is 10.8. The fourth-order valence-corrected chi connectivity index (χ4v) is 4.33. The summed E-state index contributed by atoms with van der Waals surface area (Å²) in [6.45, 7) is 3.90. The summed E-state index contributed by atoms with van der Waals surface area (Å²) in [6.07, 6.45) is 2.72. The Kier molecular flexibility index (Phi) is 6.12. The topological polar surface area (TPSA) is 81.1 Å². The summed E-state index contributed by atoms with van der Waals surface area (Å²) in [6, 6.07) is 14.6. The Labute approximate surface area is 169 Å². The van der Waals surface area contributed by atoms with Crippen LogP contribution in [0.15, 0.2) is 72.1 Å². The number of rotatable bonds is 7. The van der Waals surface area contributed by atoms with Gasteiger partial charge in [-0.15, -0.1) is 0 Å². The van der Waals surface area contributed by atoms with Gasteiger partial charge in [-0.1, -0.05) is 50.2 Å². The minimum absolute atomic E-state index is 0.0679. The van der Waals surface area contributed by atoms with Crippen LogP contribution < -0.4 is 5.32 Å². The van der Waals surface area contributed by atoms with E-state index in [4.69, 9.17) is 0 Å². The van der Waals surface area contributed by atoms with Gasteiger partial charge in [0.05, 0.1) is 11.7 Å². The maximum atomic E-state index is 13.5. The summed E-state index contributed by atoms with van der Waals surface area (Å²) in [5.41, 5.74) is 1.21. The van der Waals surface area contributed by atoms with Crippen molar-refractivity contribution < 1.29 is 17.6 Å². The first kappa shape index (κ1) is 20.7. The van der Waals surface area contributed by atoms with Crippen molar-refractivity contribution in [1.29, 1.82) is 0 Å². The molecule has 1 unspecified atom stereocenters. The van der Waals surface area contributed by atoms with Crippen molar-refractivity contribution in [2.75, 3.05) is 5.75 Å². The first-order valence-electron chi connectivity index (χ1n) is 9.14. The van der Waals surface area contributed by atoms with Gasteiger partial charge in [0.25, 0.3) is 0 Å². The molecule has 0 aliphatic rings. The van der Waals surface area contributed by atoms with E-state index in [9.17, 15) is 17.6 Å². The number of aromatic nitrogens is 2. The van der Waals surface area contributed by atoms with E-state index in [0.717, 1.165) is 5.56 Å². The number of carbonyl (C=O) groups excluding carboxylic acids is 1. The molecule has 1 N–H and O–H groups in total. The highest BCUT2D eigenvalue weighted by atomic mass is 32.2. The monoisotopic (exact) mass is 415 g/mol. The largest absolute Gasteiger partial charge is 0.348 e. The van der Waals surface area contributed by atoms with Crippen LogP contribution in [0.3, 0.4) is 0 Å². The van der Waals surface area contributed by atoms with Gasteiger partial charge in [-0.2, -0.15) is 0 Å². The zero-order chi connectivity index (χ0) is 21.0. The lowest BCUT2D eigenvalue weighted by atomic mass is 9.96. The summed E-state index contributed by atoms with van der Waals surface area (Å²) in [7, 11) is -4.04. The van der Waals surface area contributed by atoms with Gasteiger partial charge in [0.1, 0.15) is 11.6 Å². The summed E-state index contributed by atoms with van der Waals surface area (Å²) >= 11 is 0. The number of amides is 1. The third-order valence-electron chi connectivity index (χ3n) is 4.43. The highest BCUT2D eigenvalue weighted by molar-refractivity contribution is 7.92. The highest BCUT2D eigenvalue weighted by Gasteiger charge is 2.27. The molecular weight excluding hydrogens is 393 g/mol. The van der Waals surface area contributed by atoms with E-state index >= 15 is 0 Å². The zero-order valence-electron chi connectivity index (χ0n) is 16.1. The van der Waals surface area contributed by atoms with E-state index in [1.165, 1.54) is 35.2 Å². The molecule has 3 rings (SSSR count). The van der Waals surface area contributed by atoms with Crippen molar-refractivity contribution >= 4 is 15.7 Å². The van der Waals surface area contributed by atoms with Crippen LogP contribution in [-0.2, 0) is 14.6 Å². The van der Waals surface area contributed by atoms with E-state index in [1.54, 1.807) is 6.07 Å². The number of nitrogens with zero attached hydrogens (tertiary/aromatic N) is 2. The fourth-order valence-electron chi connectivity index (χ4n) is 3.09. The van der Waals surface area contributed by atoms with Gasteiger partial charge in [0, 0.05) is 12.4 Å². The Morgan fingerprint density at radius 2 is 1.86 bits per heavy atom. The smallest absolute Gasteiger partial charge is 0.236 e. The lowest BCUT2D eigenvalue weighted by Crippen LogP contribution is -2.36. The maximum Gasteiger partial charge on any atom is 0.236 e. The van der Waals surface area contributed by atoms with E-state index in [2.05, 4.69) is 10.3 Å². The number of nitrogens with one attached hydrogen (secondary N) is 1. The van der Waals surface area contributed by atoms with Gasteiger partial charge in [0.2, 0.25) is 20.9 Å². The number of benzene rings is 2. The molecule has 0 aliphatic carbocycles. The molecule has 0 aliphatic heterocycles. The van der Waals surface area contributed by atoms with Gasteiger partial charge in [-0.25, -0.2) is 17.8 Å². The second kappa shape index (κ2) is 8.57. The third kappa shape index (κ3) is 4.89. The quantitative estimate of drug-likeness (QED) is 0.642. The molecule has 0 saturated heterocycles. The fraction of sp³-hybridized carbons (Fsp3) is 0.238. The summed E-state index contributed by atoms with van der Waals surface area (Å²) in [4.78, 5) is 16.4. The second-order valence-electron chi connectivity index (χ2n) is 7.02. The molecule has 0 saturated carbocycles. The number of sulfone groups is 1. The van der Waals surface area contributed by atoms with Crippen LogP contribution in [0.1, 0.15) is 25.5 Å². The van der Waals surface area contributed by atoms with Crippen molar-refractivity contribution in [1.82, 2.24) is 14.9 Å². The molecule has 29 heavy (non-hydrogen) atoms. The van der Waals surface area contributed by atoms with Crippen molar-refractivity contribution in [2.24, 2.45) is 5.92 Å². The number of halogens is 1. The van der Waals surface area contributed by atoms with Gasteiger partial charge in [-0.3, -0.25) is 9.36 Å². The van der Waals surface area contributed by atoms with E-state index in [0.29, 0.717) is 5.69 Å². The van der Waals surface area contributed by atoms with Gasteiger partial charge < -0.3 is 5.32 Å². The molecule has 1 aromatic heterocycles. The molecule has 1 heterocycles. The molecule has 152 valence electrons. The Morgan fingerprint density at radius 3 is 2.52 bits per heavy atom. The Morgan fingerprint density at radius 1 is 1.14 bits per heavy atom. The average molecular weight is 415 g/mol. The number of carbonyl (C=O) groups is 1. The van der Waals surface area contributed by atoms with E-state index < -0.39 is 27.3 Å². The van der Waals surface area contributed by atoms with Crippen molar-refractivity contribution in [3.8, 4) is 5.69 Å². The molecule has 0 radical (unpaired) electrons. The Hall–Kier alpha value is -3.00. The first-order chi connectivity index (χ1) is 13.8. The molecule has 0 bridgehead atoms. The molecule has 0 fully saturated rings. The molecular formula is C21H22FN3O3S. The van der Waals surface area contributed by atoms with Crippen LogP contribution in [0.5, 0.6) is 0 Å². The number of hydrogen-bond acceptors (Lipinski definition) is 4. The lowest BCUT2D eigenvalue weighted by molar-refractivity contribution is -0.119. The molecule has 1 atom stereocenters. The van der Waals surface area contributed by atoms with E-state index in [-0.39, 0.29) is 17.1 Å². The lowest BCUT2D eigenvalue weighted by Gasteiger charge is -2.23. The predicted molar refractivity (Wildman–Crippen MR) is 108 cm³/mol. The molecule has 1 amide bonds. The SMILES string of the molecule is CC(C)C(NC(=O)CS(=O)(=O)c1nccn1-c1cccc(F)c1)c1ccccc1. The molecule has 8 heteroatoms. The standard InChI is InChI=1S/C21H22FN3O3S/c1-15(2)20(16-7-4-3-5-8-16)24-19(26)14-29(27,28)21-23-11-12-25(21)18-10-6-9-17(22)13-18/h3-13,15,20H,14H2,1-2H3,(H,24,26). The van der Waals surface area contributed by atoms with Crippen LogP contribution in [-0.4, -0.2) is 29.6 Å². The number of hydrogen-bond donors (Lipinski definition) is 1. The molecule has 0 spiro atoms. The van der Waals surface area contributed by atoms with Crippen LogP contribution in [0, 0.1) is 11.7 Å². The summed E-state index contributed by atoms with van der Waals surface area (Å²) in [5.74, 6) is -1.81. The Bertz CT molecular complexity index is 1100. The zero-order valence-corrected chi connectivity index (χ0v) is 16.9. The second-order valence-corrected chi connectivity index (χ2v) is 8.90. The minimum Gasteiger partial charge on any atom is -0.348 e. The third-order valence-corrected chi connectivity index (χ3v) is 5.93. The predicted octanol–water partition coefficient (Wildman–Crippen LogP) is 3.30. The maximum absolute atomic E-state index is 13.5. The van der Waals surface area contributed by atoms with Crippen LogP contribution in [0.25, 0.3) is 5.69 Å². The van der Waals surface area contributed by atoms with Crippen molar-refractivity contribution in [2.45, 2.75) is 25.0 Å². The van der Waals surface area contributed by atoms with Crippen molar-refractivity contribution in [3.05, 3.63) is 78.4 Å². The molecule has 6 nitrogen and oxygen atoms in total. The molecule has 3 aromatic rings. The summed E-state index contributed by atoms with van der Waals surface area (Å²) < 4.78 is 40.4. The highest BCUT2D eigenvalue weighted by Crippen LogP contribution is 2.22.